The summed E-state index contributed by atoms with van der Waals surface area (Å²) < 4.78 is 6.25. The zero-order valence-electron chi connectivity index (χ0n) is 14.9. The molecule has 0 aromatic carbocycles. The van der Waals surface area contributed by atoms with E-state index in [4.69, 9.17) is 4.74 Å². The van der Waals surface area contributed by atoms with Gasteiger partial charge in [-0.05, 0) is 31.0 Å². The molecule has 4 rings (SSSR count). The number of piperidine rings is 1. The molecule has 1 spiro atoms. The van der Waals surface area contributed by atoms with E-state index in [1.165, 1.54) is 0 Å². The number of carbonyl (C=O) groups excluding carboxylic acids is 1. The number of pyridine rings is 1. The molecule has 2 aromatic heterocycles. The molecule has 0 unspecified atom stereocenters. The second-order valence-corrected chi connectivity index (χ2v) is 7.08. The van der Waals surface area contributed by atoms with Gasteiger partial charge in [-0.15, -0.1) is 0 Å². The number of likely N-dealkylation sites (N-methyl/N-ethyl adjacent to an activating group) is 1. The Kier molecular flexibility index (Phi) is 4.55. The predicted molar refractivity (Wildman–Crippen MR) is 96.9 cm³/mol. The summed E-state index contributed by atoms with van der Waals surface area (Å²) in [4.78, 5) is 29.5. The van der Waals surface area contributed by atoms with Gasteiger partial charge in [-0.2, -0.15) is 0 Å². The van der Waals surface area contributed by atoms with Crippen molar-refractivity contribution in [3.8, 4) is 0 Å². The number of hydrogen-bond acceptors (Lipinski definition) is 6. The van der Waals surface area contributed by atoms with Crippen LogP contribution < -0.4 is 4.90 Å². The number of aromatic nitrogens is 3. The summed E-state index contributed by atoms with van der Waals surface area (Å²) in [5.41, 5.74) is 0.359. The Morgan fingerprint density at radius 3 is 2.92 bits per heavy atom. The van der Waals surface area contributed by atoms with Gasteiger partial charge in [-0.3, -0.25) is 9.78 Å². The van der Waals surface area contributed by atoms with Crippen LogP contribution in [0.25, 0.3) is 0 Å². The molecule has 2 saturated heterocycles. The van der Waals surface area contributed by atoms with Crippen LogP contribution in [0.15, 0.2) is 43.0 Å². The minimum Gasteiger partial charge on any atom is -0.371 e. The Morgan fingerprint density at radius 2 is 2.15 bits per heavy atom. The standard InChI is InChI=1S/C19H23N5O2/c1-23(18-21-8-4-9-22-18)16-11-19(26-13-16)6-3-10-24(14-19)17(25)15-5-2-7-20-12-15/h2,4-5,7-9,12,16H,3,6,10-11,13-14H2,1H3/t16-,19+/m1/s1. The van der Waals surface area contributed by atoms with Gasteiger partial charge in [-0.1, -0.05) is 0 Å². The van der Waals surface area contributed by atoms with Crippen molar-refractivity contribution in [3.05, 3.63) is 48.5 Å². The molecule has 2 aromatic rings. The number of nitrogens with zero attached hydrogens (tertiary/aromatic N) is 5. The van der Waals surface area contributed by atoms with Gasteiger partial charge < -0.3 is 14.5 Å². The van der Waals surface area contributed by atoms with E-state index < -0.39 is 0 Å². The molecule has 0 aliphatic carbocycles. The van der Waals surface area contributed by atoms with Gasteiger partial charge in [0.25, 0.3) is 5.91 Å². The van der Waals surface area contributed by atoms with Crippen LogP contribution in [0, 0.1) is 0 Å². The molecule has 0 N–H and O–H groups in total. The smallest absolute Gasteiger partial charge is 0.255 e. The Morgan fingerprint density at radius 1 is 1.31 bits per heavy atom. The molecule has 0 bridgehead atoms. The summed E-state index contributed by atoms with van der Waals surface area (Å²) in [5.74, 6) is 0.737. The van der Waals surface area contributed by atoms with Crippen molar-refractivity contribution in [1.82, 2.24) is 19.9 Å². The summed E-state index contributed by atoms with van der Waals surface area (Å²) >= 11 is 0. The van der Waals surface area contributed by atoms with E-state index in [-0.39, 0.29) is 17.6 Å². The predicted octanol–water partition coefficient (Wildman–Crippen LogP) is 1.77. The number of hydrogen-bond donors (Lipinski definition) is 0. The molecule has 7 nitrogen and oxygen atoms in total. The molecular weight excluding hydrogens is 330 g/mol. The van der Waals surface area contributed by atoms with E-state index in [0.29, 0.717) is 24.7 Å². The highest BCUT2D eigenvalue weighted by atomic mass is 16.5. The van der Waals surface area contributed by atoms with Crippen LogP contribution in [-0.2, 0) is 4.74 Å². The first-order chi connectivity index (χ1) is 12.7. The monoisotopic (exact) mass is 353 g/mol. The SMILES string of the molecule is CN(c1ncccn1)[C@H]1CO[C@@]2(CCCN(C(=O)c3cccnc3)C2)C1. The van der Waals surface area contributed by atoms with E-state index in [9.17, 15) is 4.79 Å². The lowest BCUT2D eigenvalue weighted by Crippen LogP contribution is -2.50. The van der Waals surface area contributed by atoms with Crippen LogP contribution in [0.5, 0.6) is 0 Å². The lowest BCUT2D eigenvalue weighted by atomic mass is 9.88. The van der Waals surface area contributed by atoms with Gasteiger partial charge in [0.15, 0.2) is 0 Å². The highest BCUT2D eigenvalue weighted by Crippen LogP contribution is 2.37. The van der Waals surface area contributed by atoms with Crippen LogP contribution in [0.4, 0.5) is 5.95 Å². The van der Waals surface area contributed by atoms with Gasteiger partial charge in [0.2, 0.25) is 5.95 Å². The van der Waals surface area contributed by atoms with Gasteiger partial charge in [0.05, 0.1) is 30.4 Å². The van der Waals surface area contributed by atoms with Crippen LogP contribution in [-0.4, -0.2) is 64.1 Å². The molecule has 0 saturated carbocycles. The van der Waals surface area contributed by atoms with Crippen molar-refractivity contribution in [2.24, 2.45) is 0 Å². The fourth-order valence-corrected chi connectivity index (χ4v) is 3.93. The van der Waals surface area contributed by atoms with E-state index in [1.54, 1.807) is 30.9 Å². The quantitative estimate of drug-likeness (QED) is 0.837. The summed E-state index contributed by atoms with van der Waals surface area (Å²) in [6.07, 6.45) is 9.61. The average molecular weight is 353 g/mol. The molecule has 0 radical (unpaired) electrons. The van der Waals surface area contributed by atoms with Gasteiger partial charge in [0, 0.05) is 44.8 Å². The third-order valence-corrected chi connectivity index (χ3v) is 5.34. The molecule has 136 valence electrons. The van der Waals surface area contributed by atoms with Crippen molar-refractivity contribution in [3.63, 3.8) is 0 Å². The van der Waals surface area contributed by atoms with E-state index in [2.05, 4.69) is 19.9 Å². The van der Waals surface area contributed by atoms with E-state index in [0.717, 1.165) is 25.8 Å². The number of anilines is 1. The molecule has 2 atom stereocenters. The number of rotatable bonds is 3. The lowest BCUT2D eigenvalue weighted by Gasteiger charge is -2.40. The van der Waals surface area contributed by atoms with Crippen LogP contribution in [0.3, 0.4) is 0 Å². The van der Waals surface area contributed by atoms with Gasteiger partial charge in [-0.25, -0.2) is 9.97 Å². The Bertz CT molecular complexity index is 757. The minimum atomic E-state index is -0.274. The van der Waals surface area contributed by atoms with Gasteiger partial charge >= 0.3 is 0 Å². The average Bonchev–Trinajstić information content (AvgIpc) is 3.11. The first-order valence-corrected chi connectivity index (χ1v) is 9.00. The molecule has 2 aliphatic rings. The summed E-state index contributed by atoms with van der Waals surface area (Å²) in [5, 5.41) is 0. The maximum Gasteiger partial charge on any atom is 0.255 e. The molecule has 26 heavy (non-hydrogen) atoms. The Hall–Kier alpha value is -2.54. The highest BCUT2D eigenvalue weighted by molar-refractivity contribution is 5.94. The van der Waals surface area contributed by atoms with Crippen molar-refractivity contribution in [2.75, 3.05) is 31.6 Å². The molecule has 2 aliphatic heterocycles. The number of amides is 1. The van der Waals surface area contributed by atoms with Crippen LogP contribution in [0.2, 0.25) is 0 Å². The largest absolute Gasteiger partial charge is 0.371 e. The van der Waals surface area contributed by atoms with Crippen molar-refractivity contribution < 1.29 is 9.53 Å². The summed E-state index contributed by atoms with van der Waals surface area (Å²) in [6.45, 7) is 2.02. The number of ether oxygens (including phenoxy) is 1. The molecule has 4 heterocycles. The Labute approximate surface area is 153 Å². The molecule has 1 amide bonds. The third kappa shape index (κ3) is 3.26. The molecule has 2 fully saturated rings. The topological polar surface area (TPSA) is 71.5 Å². The molecule has 7 heteroatoms. The third-order valence-electron chi connectivity index (χ3n) is 5.34. The number of likely N-dealkylation sites (tertiary alicyclic amines) is 1. The van der Waals surface area contributed by atoms with Crippen molar-refractivity contribution >= 4 is 11.9 Å². The fraction of sp³-hybridized carbons (Fsp3) is 0.474. The van der Waals surface area contributed by atoms with Gasteiger partial charge in [0.1, 0.15) is 0 Å². The Balaban J connectivity index is 1.45. The fourth-order valence-electron chi connectivity index (χ4n) is 3.93. The first-order valence-electron chi connectivity index (χ1n) is 9.00. The highest BCUT2D eigenvalue weighted by Gasteiger charge is 2.46. The zero-order chi connectivity index (χ0) is 18.0. The van der Waals surface area contributed by atoms with Crippen LogP contribution >= 0.6 is 0 Å². The van der Waals surface area contributed by atoms with E-state index in [1.807, 2.05) is 24.1 Å². The maximum atomic E-state index is 12.8. The number of carbonyl (C=O) groups is 1. The first kappa shape index (κ1) is 16.9. The van der Waals surface area contributed by atoms with Crippen molar-refractivity contribution in [1.29, 1.82) is 0 Å². The van der Waals surface area contributed by atoms with Crippen molar-refractivity contribution in [2.45, 2.75) is 30.9 Å². The minimum absolute atomic E-state index is 0.0315. The second-order valence-electron chi connectivity index (χ2n) is 7.08. The summed E-state index contributed by atoms with van der Waals surface area (Å²) in [6, 6.07) is 5.64. The lowest BCUT2D eigenvalue weighted by molar-refractivity contribution is -0.0447. The summed E-state index contributed by atoms with van der Waals surface area (Å²) in [7, 11) is 2.00. The van der Waals surface area contributed by atoms with Crippen LogP contribution in [0.1, 0.15) is 29.6 Å². The van der Waals surface area contributed by atoms with E-state index >= 15 is 0 Å². The normalized spacial score (nSPS) is 25.4. The zero-order valence-corrected chi connectivity index (χ0v) is 14.9. The second kappa shape index (κ2) is 6.99. The molecular formula is C19H23N5O2. The maximum absolute atomic E-state index is 12.8.